The highest BCUT2D eigenvalue weighted by Crippen LogP contribution is 2.04. The van der Waals surface area contributed by atoms with Crippen LogP contribution in [0.2, 0.25) is 0 Å². The number of carboxylic acid groups (broad SMARTS) is 1. The first-order chi connectivity index (χ1) is 7.13. The zero-order valence-electron chi connectivity index (χ0n) is 8.69. The van der Waals surface area contributed by atoms with E-state index in [1.807, 2.05) is 0 Å². The summed E-state index contributed by atoms with van der Waals surface area (Å²) < 4.78 is 9.79. The molecule has 0 radical (unpaired) electrons. The molecule has 6 heteroatoms. The maximum Gasteiger partial charge on any atom is 0.320 e. The van der Waals surface area contributed by atoms with Gasteiger partial charge in [0.2, 0.25) is 0 Å². The Morgan fingerprint density at radius 3 is 3.13 bits per heavy atom. The predicted octanol–water partition coefficient (Wildman–Crippen LogP) is 0.384. The summed E-state index contributed by atoms with van der Waals surface area (Å²) in [6.45, 7) is 2.29. The van der Waals surface area contributed by atoms with Crippen LogP contribution in [0.1, 0.15) is 18.4 Å². The van der Waals surface area contributed by atoms with Crippen LogP contribution < -0.4 is 5.32 Å². The van der Waals surface area contributed by atoms with Crippen molar-refractivity contribution in [1.29, 1.82) is 0 Å². The molecule has 0 saturated heterocycles. The second kappa shape index (κ2) is 5.47. The second-order valence-corrected chi connectivity index (χ2v) is 3.16. The molecule has 0 aliphatic heterocycles. The third-order valence-electron chi connectivity index (χ3n) is 1.85. The van der Waals surface area contributed by atoms with Gasteiger partial charge in [-0.2, -0.15) is 0 Å². The number of aliphatic carboxylic acids is 1. The minimum Gasteiger partial charge on any atom is -0.480 e. The van der Waals surface area contributed by atoms with Crippen LogP contribution in [-0.4, -0.2) is 29.4 Å². The number of methoxy groups -OCH3 is 1. The Labute approximate surface area is 87.2 Å². The molecule has 0 aliphatic carbocycles. The van der Waals surface area contributed by atoms with Gasteiger partial charge in [0.05, 0.1) is 5.69 Å². The lowest BCUT2D eigenvalue weighted by Crippen LogP contribution is -2.33. The van der Waals surface area contributed by atoms with Crippen molar-refractivity contribution in [3.63, 3.8) is 0 Å². The molecule has 1 atom stereocenters. The molecule has 0 aromatic carbocycles. The summed E-state index contributed by atoms with van der Waals surface area (Å²) in [5, 5.41) is 15.2. The highest BCUT2D eigenvalue weighted by Gasteiger charge is 2.11. The largest absolute Gasteiger partial charge is 0.480 e. The standard InChI is InChI=1S/C9H14N2O4/c1-6(9(12)13)10-4-7-3-8(5-14-2)15-11-7/h3,6,10H,4-5H2,1-2H3,(H,12,13)/t6-/m1/s1. The van der Waals surface area contributed by atoms with Gasteiger partial charge in [-0.05, 0) is 6.92 Å². The molecule has 0 spiro atoms. The SMILES string of the molecule is COCc1cc(CN[C@H](C)C(=O)O)no1. The number of hydrogen-bond donors (Lipinski definition) is 2. The lowest BCUT2D eigenvalue weighted by molar-refractivity contribution is -0.139. The van der Waals surface area contributed by atoms with Crippen LogP contribution in [0.4, 0.5) is 0 Å². The molecule has 15 heavy (non-hydrogen) atoms. The van der Waals surface area contributed by atoms with E-state index in [1.165, 1.54) is 0 Å². The minimum absolute atomic E-state index is 0.362. The van der Waals surface area contributed by atoms with E-state index in [9.17, 15) is 4.79 Å². The first kappa shape index (κ1) is 11.7. The molecule has 0 aliphatic rings. The fraction of sp³-hybridized carbons (Fsp3) is 0.556. The van der Waals surface area contributed by atoms with Gasteiger partial charge in [-0.3, -0.25) is 10.1 Å². The van der Waals surface area contributed by atoms with Gasteiger partial charge in [0, 0.05) is 19.7 Å². The zero-order valence-corrected chi connectivity index (χ0v) is 8.69. The van der Waals surface area contributed by atoms with Crippen LogP contribution in [-0.2, 0) is 22.7 Å². The Bertz CT molecular complexity index is 324. The Morgan fingerprint density at radius 2 is 2.53 bits per heavy atom. The highest BCUT2D eigenvalue weighted by atomic mass is 16.5. The Kier molecular flexibility index (Phi) is 4.26. The molecular formula is C9H14N2O4. The van der Waals surface area contributed by atoms with Crippen LogP contribution in [0.15, 0.2) is 10.6 Å². The van der Waals surface area contributed by atoms with Crippen molar-refractivity contribution in [2.24, 2.45) is 0 Å². The van der Waals surface area contributed by atoms with E-state index < -0.39 is 12.0 Å². The average molecular weight is 214 g/mol. The summed E-state index contributed by atoms with van der Waals surface area (Å²) >= 11 is 0. The Hall–Kier alpha value is -1.40. The summed E-state index contributed by atoms with van der Waals surface area (Å²) in [7, 11) is 1.56. The number of rotatable bonds is 6. The topological polar surface area (TPSA) is 84.6 Å². The maximum absolute atomic E-state index is 10.5. The van der Waals surface area contributed by atoms with Gasteiger partial charge in [-0.15, -0.1) is 0 Å². The Balaban J connectivity index is 2.40. The molecule has 0 saturated carbocycles. The van der Waals surface area contributed by atoms with Gasteiger partial charge < -0.3 is 14.4 Å². The fourth-order valence-electron chi connectivity index (χ4n) is 0.994. The molecule has 0 fully saturated rings. The normalized spacial score (nSPS) is 12.7. The van der Waals surface area contributed by atoms with E-state index in [0.717, 1.165) is 0 Å². The molecule has 2 N–H and O–H groups in total. The van der Waals surface area contributed by atoms with Crippen LogP contribution in [0, 0.1) is 0 Å². The number of carboxylic acids is 1. The van der Waals surface area contributed by atoms with E-state index in [0.29, 0.717) is 24.6 Å². The van der Waals surface area contributed by atoms with Crippen LogP contribution in [0.5, 0.6) is 0 Å². The molecule has 1 heterocycles. The van der Waals surface area contributed by atoms with Crippen molar-refractivity contribution in [3.05, 3.63) is 17.5 Å². The van der Waals surface area contributed by atoms with Crippen molar-refractivity contribution in [3.8, 4) is 0 Å². The highest BCUT2D eigenvalue weighted by molar-refractivity contribution is 5.72. The van der Waals surface area contributed by atoms with Gasteiger partial charge in [-0.1, -0.05) is 5.16 Å². The van der Waals surface area contributed by atoms with Gasteiger partial charge in [0.25, 0.3) is 0 Å². The van der Waals surface area contributed by atoms with Crippen LogP contribution in [0.25, 0.3) is 0 Å². The molecule has 0 amide bonds. The summed E-state index contributed by atoms with van der Waals surface area (Å²) in [5.41, 5.74) is 0.662. The third-order valence-corrected chi connectivity index (χ3v) is 1.85. The molecule has 1 rings (SSSR count). The molecule has 1 aromatic heterocycles. The van der Waals surface area contributed by atoms with Crippen molar-refractivity contribution < 1.29 is 19.2 Å². The fourth-order valence-corrected chi connectivity index (χ4v) is 0.994. The Morgan fingerprint density at radius 1 is 1.80 bits per heavy atom. The summed E-state index contributed by atoms with van der Waals surface area (Å²) in [6, 6.07) is 1.12. The number of carbonyl (C=O) groups is 1. The third kappa shape index (κ3) is 3.69. The number of aromatic nitrogens is 1. The summed E-state index contributed by atoms with van der Waals surface area (Å²) in [6.07, 6.45) is 0. The van der Waals surface area contributed by atoms with Gasteiger partial charge in [0.1, 0.15) is 12.6 Å². The second-order valence-electron chi connectivity index (χ2n) is 3.16. The lowest BCUT2D eigenvalue weighted by Gasteiger charge is -2.05. The number of nitrogens with one attached hydrogen (secondary N) is 1. The first-order valence-electron chi connectivity index (χ1n) is 4.53. The quantitative estimate of drug-likeness (QED) is 0.712. The maximum atomic E-state index is 10.5. The average Bonchev–Trinajstić information content (AvgIpc) is 2.62. The summed E-state index contributed by atoms with van der Waals surface area (Å²) in [5.74, 6) is -0.270. The predicted molar refractivity (Wildman–Crippen MR) is 51.2 cm³/mol. The van der Waals surface area contributed by atoms with E-state index in [2.05, 4.69) is 10.5 Å². The molecule has 6 nitrogen and oxygen atoms in total. The molecule has 1 aromatic rings. The number of hydrogen-bond acceptors (Lipinski definition) is 5. The van der Waals surface area contributed by atoms with E-state index in [4.69, 9.17) is 14.4 Å². The van der Waals surface area contributed by atoms with E-state index in [1.54, 1.807) is 20.1 Å². The van der Waals surface area contributed by atoms with Crippen molar-refractivity contribution in [1.82, 2.24) is 10.5 Å². The lowest BCUT2D eigenvalue weighted by atomic mass is 10.3. The van der Waals surface area contributed by atoms with Gasteiger partial charge >= 0.3 is 5.97 Å². The number of ether oxygens (including phenoxy) is 1. The number of nitrogens with zero attached hydrogens (tertiary/aromatic N) is 1. The van der Waals surface area contributed by atoms with Crippen molar-refractivity contribution in [2.45, 2.75) is 26.1 Å². The van der Waals surface area contributed by atoms with Gasteiger partial charge in [-0.25, -0.2) is 0 Å². The smallest absolute Gasteiger partial charge is 0.320 e. The molecule has 0 unspecified atom stereocenters. The first-order valence-corrected chi connectivity index (χ1v) is 4.53. The summed E-state index contributed by atoms with van der Waals surface area (Å²) in [4.78, 5) is 10.5. The van der Waals surface area contributed by atoms with Crippen molar-refractivity contribution in [2.75, 3.05) is 7.11 Å². The monoisotopic (exact) mass is 214 g/mol. The van der Waals surface area contributed by atoms with E-state index >= 15 is 0 Å². The molecule has 0 bridgehead atoms. The van der Waals surface area contributed by atoms with Crippen LogP contribution in [0.3, 0.4) is 0 Å². The van der Waals surface area contributed by atoms with Crippen molar-refractivity contribution >= 4 is 5.97 Å². The minimum atomic E-state index is -0.893. The van der Waals surface area contributed by atoms with Crippen LogP contribution >= 0.6 is 0 Å². The molecular weight excluding hydrogens is 200 g/mol. The van der Waals surface area contributed by atoms with E-state index in [-0.39, 0.29) is 0 Å². The van der Waals surface area contributed by atoms with Gasteiger partial charge in [0.15, 0.2) is 5.76 Å². The molecule has 84 valence electrons. The zero-order chi connectivity index (χ0) is 11.3.